The number of fused-ring (bicyclic) bond motifs is 1. The summed E-state index contributed by atoms with van der Waals surface area (Å²) in [6, 6.07) is 15.1. The summed E-state index contributed by atoms with van der Waals surface area (Å²) in [7, 11) is 3.37. The Bertz CT molecular complexity index is 893. The molecule has 0 bridgehead atoms. The van der Waals surface area contributed by atoms with Gasteiger partial charge < -0.3 is 19.7 Å². The van der Waals surface area contributed by atoms with Gasteiger partial charge in [-0.05, 0) is 37.5 Å². The molecule has 0 spiro atoms. The summed E-state index contributed by atoms with van der Waals surface area (Å²) in [4.78, 5) is 14.4. The lowest BCUT2D eigenvalue weighted by Crippen LogP contribution is -3.13. The van der Waals surface area contributed by atoms with Crippen LogP contribution >= 0.6 is 0 Å². The lowest BCUT2D eigenvalue weighted by atomic mass is 9.87. The van der Waals surface area contributed by atoms with Crippen LogP contribution in [0.3, 0.4) is 0 Å². The number of nitrogens with one attached hydrogen (secondary N) is 2. The summed E-state index contributed by atoms with van der Waals surface area (Å²) in [5, 5.41) is 3.38. The summed E-state index contributed by atoms with van der Waals surface area (Å²) in [5.41, 5.74) is 3.87. The first-order valence-electron chi connectivity index (χ1n) is 11.5. The molecule has 2 N–H and O–H groups in total. The first kappa shape index (κ1) is 21.7. The predicted molar refractivity (Wildman–Crippen MR) is 122 cm³/mol. The molecule has 1 fully saturated rings. The van der Waals surface area contributed by atoms with Crippen molar-refractivity contribution in [3.8, 4) is 11.5 Å². The van der Waals surface area contributed by atoms with Gasteiger partial charge in [-0.3, -0.25) is 4.79 Å². The third-order valence-corrected chi connectivity index (χ3v) is 7.01. The van der Waals surface area contributed by atoms with Gasteiger partial charge in [0.2, 0.25) is 5.91 Å². The number of benzene rings is 2. The van der Waals surface area contributed by atoms with Crippen LogP contribution in [0.4, 0.5) is 0 Å². The molecule has 5 nitrogen and oxygen atoms in total. The van der Waals surface area contributed by atoms with E-state index < -0.39 is 0 Å². The van der Waals surface area contributed by atoms with Gasteiger partial charge in [-0.15, -0.1) is 0 Å². The van der Waals surface area contributed by atoms with Crippen molar-refractivity contribution in [2.24, 2.45) is 5.92 Å². The lowest BCUT2D eigenvalue weighted by molar-refractivity contribution is -0.948. The number of quaternary nitrogens is 1. The van der Waals surface area contributed by atoms with Crippen molar-refractivity contribution >= 4 is 5.91 Å². The molecule has 0 aromatic heterocycles. The fraction of sp³-hybridized carbons (Fsp3) is 0.500. The maximum absolute atomic E-state index is 12.9. The molecule has 5 heteroatoms. The molecule has 3 atom stereocenters. The van der Waals surface area contributed by atoms with Crippen LogP contribution in [0.25, 0.3) is 0 Å². The van der Waals surface area contributed by atoms with E-state index >= 15 is 0 Å². The first-order valence-corrected chi connectivity index (χ1v) is 11.5. The Morgan fingerprint density at radius 2 is 1.77 bits per heavy atom. The van der Waals surface area contributed by atoms with Gasteiger partial charge in [-0.1, -0.05) is 43.2 Å². The molecular weight excluding hydrogens is 388 g/mol. The highest BCUT2D eigenvalue weighted by Crippen LogP contribution is 2.35. The molecular formula is C26H35N2O3+. The molecule has 1 aliphatic carbocycles. The first-order chi connectivity index (χ1) is 15.1. The molecule has 1 amide bonds. The molecule has 1 unspecified atom stereocenters. The van der Waals surface area contributed by atoms with Gasteiger partial charge in [0.25, 0.3) is 0 Å². The van der Waals surface area contributed by atoms with Gasteiger partial charge >= 0.3 is 0 Å². The highest BCUT2D eigenvalue weighted by atomic mass is 16.5. The molecule has 166 valence electrons. The van der Waals surface area contributed by atoms with E-state index in [2.05, 4.69) is 54.7 Å². The fourth-order valence-electron chi connectivity index (χ4n) is 5.41. The zero-order valence-corrected chi connectivity index (χ0v) is 18.9. The summed E-state index contributed by atoms with van der Waals surface area (Å²) >= 11 is 0. The molecule has 1 aliphatic heterocycles. The van der Waals surface area contributed by atoms with Gasteiger partial charge in [-0.25, -0.2) is 0 Å². The summed E-state index contributed by atoms with van der Waals surface area (Å²) in [6.07, 6.45) is 5.36. The zero-order chi connectivity index (χ0) is 21.8. The minimum atomic E-state index is 0.0314. The molecule has 0 radical (unpaired) electrons. The topological polar surface area (TPSA) is 52.0 Å². The number of hydrogen-bond acceptors (Lipinski definition) is 3. The van der Waals surface area contributed by atoms with Crippen LogP contribution in [0.1, 0.15) is 55.3 Å². The van der Waals surface area contributed by atoms with Crippen molar-refractivity contribution in [3.63, 3.8) is 0 Å². The summed E-state index contributed by atoms with van der Waals surface area (Å²) < 4.78 is 11.2. The van der Waals surface area contributed by atoms with Crippen molar-refractivity contribution < 1.29 is 19.2 Å². The fourth-order valence-corrected chi connectivity index (χ4v) is 5.41. The van der Waals surface area contributed by atoms with Gasteiger partial charge in [0.1, 0.15) is 12.6 Å². The molecule has 4 rings (SSSR count). The molecule has 0 saturated heterocycles. The second-order valence-corrected chi connectivity index (χ2v) is 8.98. The number of rotatable bonds is 7. The van der Waals surface area contributed by atoms with Crippen LogP contribution in [0, 0.1) is 5.92 Å². The van der Waals surface area contributed by atoms with Crippen molar-refractivity contribution in [2.45, 2.75) is 57.7 Å². The molecule has 1 saturated carbocycles. The number of ether oxygens (including phenoxy) is 2. The average Bonchev–Trinajstić information content (AvgIpc) is 3.33. The van der Waals surface area contributed by atoms with Crippen LogP contribution in [-0.2, 0) is 17.8 Å². The average molecular weight is 424 g/mol. The normalized spacial score (nSPS) is 21.9. The van der Waals surface area contributed by atoms with E-state index in [0.29, 0.717) is 0 Å². The molecule has 1 heterocycles. The predicted octanol–water partition coefficient (Wildman–Crippen LogP) is 3.08. The second kappa shape index (κ2) is 9.73. The van der Waals surface area contributed by atoms with Crippen LogP contribution < -0.4 is 19.7 Å². The van der Waals surface area contributed by atoms with E-state index in [1.54, 1.807) is 14.2 Å². The summed E-state index contributed by atoms with van der Waals surface area (Å²) in [5.74, 6) is 1.92. The number of methoxy groups -OCH3 is 2. The highest BCUT2D eigenvalue weighted by Gasteiger charge is 2.38. The highest BCUT2D eigenvalue weighted by molar-refractivity contribution is 5.79. The van der Waals surface area contributed by atoms with Gasteiger partial charge in [0.05, 0.1) is 26.8 Å². The Morgan fingerprint density at radius 3 is 2.45 bits per heavy atom. The maximum atomic E-state index is 12.9. The lowest BCUT2D eigenvalue weighted by Gasteiger charge is -2.38. The molecule has 2 aromatic carbocycles. The van der Waals surface area contributed by atoms with Gasteiger partial charge in [0.15, 0.2) is 11.5 Å². The van der Waals surface area contributed by atoms with Crippen LogP contribution in [0.2, 0.25) is 0 Å². The molecule has 2 aliphatic rings. The van der Waals surface area contributed by atoms with Crippen LogP contribution in [-0.4, -0.2) is 32.7 Å². The Balaban J connectivity index is 1.65. The SMILES string of the molecule is COc1cc2c(cc1OC)[C@@H]([C@@H](C)NC(=O)C1CCCC1)[NH+](Cc1ccccc1)CC2. The Morgan fingerprint density at radius 1 is 1.10 bits per heavy atom. The third kappa shape index (κ3) is 4.72. The van der Waals surface area contributed by atoms with Crippen molar-refractivity contribution in [1.82, 2.24) is 5.32 Å². The third-order valence-electron chi connectivity index (χ3n) is 7.01. The molecule has 2 aromatic rings. The van der Waals surface area contributed by atoms with E-state index in [1.165, 1.54) is 34.4 Å². The summed E-state index contributed by atoms with van der Waals surface area (Å²) in [6.45, 7) is 4.11. The van der Waals surface area contributed by atoms with Crippen LogP contribution in [0.5, 0.6) is 11.5 Å². The van der Waals surface area contributed by atoms with Crippen molar-refractivity contribution in [3.05, 3.63) is 59.2 Å². The number of carbonyl (C=O) groups excluding carboxylic acids is 1. The standard InChI is InChI=1S/C26H34N2O3/c1-18(27-26(29)20-11-7-8-12-20)25-22-16-24(31-3)23(30-2)15-21(22)13-14-28(25)17-19-9-5-4-6-10-19/h4-6,9-10,15-16,18,20,25H,7-8,11-14,17H2,1-3H3,(H,27,29)/p+1/t18-,25-/m1/s1. The quantitative estimate of drug-likeness (QED) is 0.720. The minimum absolute atomic E-state index is 0.0314. The minimum Gasteiger partial charge on any atom is -0.493 e. The smallest absolute Gasteiger partial charge is 0.223 e. The van der Waals surface area contributed by atoms with E-state index in [4.69, 9.17) is 9.47 Å². The largest absolute Gasteiger partial charge is 0.493 e. The van der Waals surface area contributed by atoms with E-state index in [-0.39, 0.29) is 23.9 Å². The number of hydrogen-bond donors (Lipinski definition) is 2. The van der Waals surface area contributed by atoms with E-state index in [9.17, 15) is 4.79 Å². The van der Waals surface area contributed by atoms with E-state index in [1.807, 2.05) is 0 Å². The Labute approximate surface area is 185 Å². The van der Waals surface area contributed by atoms with E-state index in [0.717, 1.165) is 43.9 Å². The van der Waals surface area contributed by atoms with Crippen molar-refractivity contribution in [2.75, 3.05) is 20.8 Å². The number of carbonyl (C=O) groups is 1. The molecule has 31 heavy (non-hydrogen) atoms. The maximum Gasteiger partial charge on any atom is 0.223 e. The monoisotopic (exact) mass is 423 g/mol. The number of amides is 1. The zero-order valence-electron chi connectivity index (χ0n) is 18.9. The van der Waals surface area contributed by atoms with Gasteiger partial charge in [-0.2, -0.15) is 0 Å². The second-order valence-electron chi connectivity index (χ2n) is 8.98. The van der Waals surface area contributed by atoms with Gasteiger partial charge in [0, 0.05) is 23.5 Å². The Kier molecular flexibility index (Phi) is 6.81. The van der Waals surface area contributed by atoms with Crippen molar-refractivity contribution in [1.29, 1.82) is 0 Å². The Hall–Kier alpha value is -2.53. The van der Waals surface area contributed by atoms with Crippen LogP contribution in [0.15, 0.2) is 42.5 Å².